The van der Waals surface area contributed by atoms with E-state index in [4.69, 9.17) is 4.99 Å². The van der Waals surface area contributed by atoms with Crippen molar-refractivity contribution in [2.24, 2.45) is 16.8 Å². The third-order valence-corrected chi connectivity index (χ3v) is 10.2. The van der Waals surface area contributed by atoms with Gasteiger partial charge in [-0.05, 0) is 69.5 Å². The lowest BCUT2D eigenvalue weighted by molar-refractivity contribution is -0.258. The van der Waals surface area contributed by atoms with E-state index in [2.05, 4.69) is 55.3 Å². The molecule has 2 saturated heterocycles. The van der Waals surface area contributed by atoms with Crippen LogP contribution in [0.15, 0.2) is 52.6 Å². The van der Waals surface area contributed by atoms with Crippen molar-refractivity contribution in [1.82, 2.24) is 24.6 Å². The molecule has 3 aromatic rings. The molecular formula is C29H32F3N8O4S+. The van der Waals surface area contributed by atoms with Crippen LogP contribution < -0.4 is 19.9 Å². The van der Waals surface area contributed by atoms with Gasteiger partial charge in [0, 0.05) is 30.6 Å². The number of dihydropyridines is 1. The summed E-state index contributed by atoms with van der Waals surface area (Å²) >= 11 is 0. The van der Waals surface area contributed by atoms with Gasteiger partial charge in [-0.3, -0.25) is 15.1 Å². The van der Waals surface area contributed by atoms with Gasteiger partial charge in [0.1, 0.15) is 18.5 Å². The standard InChI is InChI=1S/C29H31F3N8O4S/c1-28-19(3-2-12-36-28)6-9-22(37-28)18-10-13-39(14-11-18)25-24-26(34-16-33-25)40(17-35-24)15-23(27(41)42)38-45(43,44)21-7-4-20(5-8-21)29(30,31)32/h4-9,16,18-19,23,36,38H,2-3,10-15H2,1H3/p+1. The number of anilines is 1. The van der Waals surface area contributed by atoms with Crippen LogP contribution in [0, 0.1) is 18.2 Å². The fourth-order valence-corrected chi connectivity index (χ4v) is 7.40. The molecule has 238 valence electrons. The summed E-state index contributed by atoms with van der Waals surface area (Å²) < 4.78 is 67.7. The van der Waals surface area contributed by atoms with Gasteiger partial charge >= 0.3 is 29.6 Å². The average Bonchev–Trinajstić information content (AvgIpc) is 3.42. The van der Waals surface area contributed by atoms with Crippen LogP contribution in [0.3, 0.4) is 0 Å². The number of aliphatic carboxylic acids is 1. The van der Waals surface area contributed by atoms with E-state index in [0.717, 1.165) is 50.1 Å². The Morgan fingerprint density at radius 1 is 1.22 bits per heavy atom. The zero-order valence-corrected chi connectivity index (χ0v) is 25.1. The Morgan fingerprint density at radius 2 is 1.96 bits per heavy atom. The molecule has 0 amide bonds. The maximum atomic E-state index is 12.9. The molecule has 6 rings (SSSR count). The highest BCUT2D eigenvalue weighted by Gasteiger charge is 2.39. The van der Waals surface area contributed by atoms with Crippen molar-refractivity contribution in [1.29, 1.82) is 0 Å². The number of nitrogens with one attached hydrogen (secondary N) is 2. The highest BCUT2D eigenvalue weighted by molar-refractivity contribution is 7.89. The topological polar surface area (TPSA) is 156 Å². The van der Waals surface area contributed by atoms with Crippen molar-refractivity contribution in [3.05, 3.63) is 54.6 Å². The van der Waals surface area contributed by atoms with Crippen molar-refractivity contribution in [3.63, 3.8) is 0 Å². The second-order valence-corrected chi connectivity index (χ2v) is 13.4. The van der Waals surface area contributed by atoms with Gasteiger partial charge in [0.2, 0.25) is 15.8 Å². The quantitative estimate of drug-likeness (QED) is 0.334. The number of carbonyl (C=O) groups is 1. The zero-order chi connectivity index (χ0) is 32.0. The van der Waals surface area contributed by atoms with Gasteiger partial charge < -0.3 is 10.0 Å². The molecule has 2 aromatic heterocycles. The van der Waals surface area contributed by atoms with Gasteiger partial charge in [0.15, 0.2) is 6.04 Å². The number of allylic oxidation sites excluding steroid dienone is 1. The van der Waals surface area contributed by atoms with Gasteiger partial charge in [0.25, 0.3) is 0 Å². The molecule has 0 saturated carbocycles. The molecular weight excluding hydrogens is 613 g/mol. The number of rotatable bonds is 8. The van der Waals surface area contributed by atoms with E-state index in [9.17, 15) is 31.5 Å². The number of piperidine rings is 2. The van der Waals surface area contributed by atoms with E-state index < -0.39 is 45.2 Å². The minimum atomic E-state index is -4.65. The van der Waals surface area contributed by atoms with Crippen molar-refractivity contribution in [2.45, 2.75) is 61.9 Å². The summed E-state index contributed by atoms with van der Waals surface area (Å²) in [5, 5.41) is 13.4. The number of hydrogen-bond acceptors (Lipinski definition) is 8. The average molecular weight is 646 g/mol. The normalized spacial score (nSPS) is 23.3. The van der Waals surface area contributed by atoms with Crippen LogP contribution in [0.1, 0.15) is 38.2 Å². The summed E-state index contributed by atoms with van der Waals surface area (Å²) in [6.07, 6.45) is 7.81. The molecule has 5 heterocycles. The van der Waals surface area contributed by atoms with Crippen molar-refractivity contribution < 1.29 is 36.5 Å². The second kappa shape index (κ2) is 11.7. The van der Waals surface area contributed by atoms with E-state index in [1.165, 1.54) is 10.9 Å². The molecule has 3 unspecified atom stereocenters. The van der Waals surface area contributed by atoms with Gasteiger partial charge in [-0.15, -0.1) is 4.98 Å². The first kappa shape index (κ1) is 30.9. The molecule has 12 nitrogen and oxygen atoms in total. The van der Waals surface area contributed by atoms with Crippen LogP contribution in [0.2, 0.25) is 0 Å². The molecule has 45 heavy (non-hydrogen) atoms. The van der Waals surface area contributed by atoms with Crippen molar-refractivity contribution in [2.75, 3.05) is 24.5 Å². The minimum absolute atomic E-state index is 0.263. The summed E-state index contributed by atoms with van der Waals surface area (Å²) in [6, 6.07) is 1.08. The predicted molar refractivity (Wildman–Crippen MR) is 156 cm³/mol. The molecule has 0 aliphatic carbocycles. The Morgan fingerprint density at radius 3 is 2.64 bits per heavy atom. The monoisotopic (exact) mass is 645 g/mol. The molecule has 2 fully saturated rings. The van der Waals surface area contributed by atoms with Crippen molar-refractivity contribution >= 4 is 38.7 Å². The molecule has 3 atom stereocenters. The number of halogens is 3. The number of nitrogens with zero attached hydrogens (tertiary/aromatic N) is 6. The first-order chi connectivity index (χ1) is 21.3. The summed E-state index contributed by atoms with van der Waals surface area (Å²) in [5.74, 6) is -0.237. The number of sulfonamides is 1. The Hall–Kier alpha value is -4.07. The number of fused-ring (bicyclic) bond motifs is 2. The van der Waals surface area contributed by atoms with Crippen LogP contribution in [0.4, 0.5) is 19.0 Å². The van der Waals surface area contributed by atoms with Crippen LogP contribution in [-0.4, -0.2) is 71.1 Å². The van der Waals surface area contributed by atoms with Crippen LogP contribution in [-0.2, 0) is 27.5 Å². The van der Waals surface area contributed by atoms with Gasteiger partial charge in [-0.2, -0.15) is 27.4 Å². The highest BCUT2D eigenvalue weighted by Crippen LogP contribution is 2.35. The summed E-state index contributed by atoms with van der Waals surface area (Å²) in [7, 11) is -4.48. The van der Waals surface area contributed by atoms with E-state index in [1.54, 1.807) is 0 Å². The smallest absolute Gasteiger partial charge is 0.416 e. The van der Waals surface area contributed by atoms with E-state index >= 15 is 0 Å². The summed E-state index contributed by atoms with van der Waals surface area (Å²) in [6.45, 7) is 4.07. The predicted octanol–water partition coefficient (Wildman–Crippen LogP) is 2.22. The van der Waals surface area contributed by atoms with Crippen molar-refractivity contribution in [3.8, 4) is 0 Å². The van der Waals surface area contributed by atoms with E-state index in [1.807, 2.05) is 0 Å². The maximum absolute atomic E-state index is 12.9. The zero-order valence-electron chi connectivity index (χ0n) is 24.3. The summed E-state index contributed by atoms with van der Waals surface area (Å²) in [4.78, 5) is 31.7. The largest absolute Gasteiger partial charge is 0.480 e. The lowest BCUT2D eigenvalue weighted by Gasteiger charge is -2.42. The molecule has 0 radical (unpaired) electrons. The summed E-state index contributed by atoms with van der Waals surface area (Å²) in [5.41, 5.74) is 0.470. The third-order valence-electron chi connectivity index (χ3n) is 8.74. The van der Waals surface area contributed by atoms with Crippen LogP contribution in [0.25, 0.3) is 11.2 Å². The number of alkyl halides is 3. The van der Waals surface area contributed by atoms with E-state index in [0.29, 0.717) is 48.4 Å². The SMILES string of the molecule is CC12N=C(C3CCN(c4ncnc5c4[n+]#cn5CC(NS(=O)(=O)c4ccc(C(F)(F)F)cc4)C(=O)O)CC3)C=CC1CCCN2. The molecule has 3 aliphatic rings. The lowest BCUT2D eigenvalue weighted by Crippen LogP contribution is -2.52. The van der Waals surface area contributed by atoms with Crippen LogP contribution >= 0.6 is 0 Å². The number of carboxylic acid groups (broad SMARTS) is 1. The first-order valence-corrected chi connectivity index (χ1v) is 16.1. The van der Waals surface area contributed by atoms with Gasteiger partial charge in [0.05, 0.1) is 10.5 Å². The third kappa shape index (κ3) is 6.24. The fraction of sp³-hybridized carbons (Fsp3) is 0.483. The molecule has 16 heteroatoms. The van der Waals surface area contributed by atoms with E-state index in [-0.39, 0.29) is 11.3 Å². The second-order valence-electron chi connectivity index (χ2n) is 11.7. The molecule has 1 aromatic carbocycles. The first-order valence-electron chi connectivity index (χ1n) is 14.6. The molecule has 0 bridgehead atoms. The number of aromatic nitrogens is 4. The number of aliphatic imine (C=N–C) groups is 1. The number of hydrogen-bond donors (Lipinski definition) is 3. The lowest BCUT2D eigenvalue weighted by atomic mass is 9.81. The number of carboxylic acids is 1. The Bertz CT molecular complexity index is 1750. The molecule has 0 spiro atoms. The maximum Gasteiger partial charge on any atom is 0.416 e. The Kier molecular flexibility index (Phi) is 8.04. The minimum Gasteiger partial charge on any atom is -0.480 e. The molecule has 3 N–H and O–H groups in total. The highest BCUT2D eigenvalue weighted by atomic mass is 32.2. The Balaban J connectivity index is 1.15. The Labute approximate surface area is 257 Å². The van der Waals surface area contributed by atoms with Gasteiger partial charge in [-0.25, -0.2) is 13.4 Å². The van der Waals surface area contributed by atoms with Crippen LogP contribution in [0.5, 0.6) is 0 Å². The van der Waals surface area contributed by atoms with Gasteiger partial charge in [-0.1, -0.05) is 6.08 Å². The molecule has 3 aliphatic heterocycles. The number of benzene rings is 1. The fourth-order valence-electron chi connectivity index (χ4n) is 6.22.